The maximum absolute atomic E-state index is 12.6. The number of hydrogen-bond acceptors (Lipinski definition) is 6. The van der Waals surface area contributed by atoms with E-state index in [4.69, 9.17) is 10.7 Å². The Hall–Kier alpha value is -3.46. The molecule has 8 nitrogen and oxygen atoms in total. The van der Waals surface area contributed by atoms with E-state index in [0.717, 1.165) is 35.0 Å². The van der Waals surface area contributed by atoms with Crippen molar-refractivity contribution in [2.45, 2.75) is 37.2 Å². The number of carbonyl (C=O) groups is 2. The zero-order valence-electron chi connectivity index (χ0n) is 17.2. The van der Waals surface area contributed by atoms with Crippen molar-refractivity contribution in [1.29, 1.82) is 0 Å². The van der Waals surface area contributed by atoms with Crippen molar-refractivity contribution in [1.82, 2.24) is 19.7 Å². The monoisotopic (exact) mass is 434 g/mol. The number of rotatable bonds is 7. The van der Waals surface area contributed by atoms with Crippen molar-refractivity contribution >= 4 is 51.3 Å². The summed E-state index contributed by atoms with van der Waals surface area (Å²) in [5, 5.41) is 12.5. The van der Waals surface area contributed by atoms with Crippen molar-refractivity contribution in [3.63, 3.8) is 0 Å². The molecule has 0 aliphatic rings. The average molecular weight is 435 g/mol. The van der Waals surface area contributed by atoms with E-state index < -0.39 is 11.2 Å². The molecule has 0 radical (unpaired) electrons. The first-order chi connectivity index (χ1) is 15.0. The lowest BCUT2D eigenvalue weighted by Gasteiger charge is -2.11. The van der Waals surface area contributed by atoms with Crippen LogP contribution in [0.4, 0.5) is 5.69 Å². The first-order valence-electron chi connectivity index (χ1n) is 9.97. The molecule has 0 spiro atoms. The minimum atomic E-state index is -0.512. The smallest absolute Gasteiger partial charge is 0.248 e. The molecule has 3 N–H and O–H groups in total. The molecule has 2 aromatic heterocycles. The fourth-order valence-corrected chi connectivity index (χ4v) is 4.07. The van der Waals surface area contributed by atoms with Crippen LogP contribution < -0.4 is 11.1 Å². The summed E-state index contributed by atoms with van der Waals surface area (Å²) in [6.45, 7) is 4.73. The fourth-order valence-electron chi connectivity index (χ4n) is 3.36. The highest BCUT2D eigenvalue weighted by molar-refractivity contribution is 8.00. The Morgan fingerprint density at radius 3 is 2.58 bits per heavy atom. The van der Waals surface area contributed by atoms with Gasteiger partial charge in [-0.3, -0.25) is 9.59 Å². The van der Waals surface area contributed by atoms with Crippen LogP contribution >= 0.6 is 11.8 Å². The summed E-state index contributed by atoms with van der Waals surface area (Å²) in [4.78, 5) is 28.5. The molecule has 2 heterocycles. The van der Waals surface area contributed by atoms with Gasteiger partial charge in [0.15, 0.2) is 5.65 Å². The molecule has 4 aromatic rings. The summed E-state index contributed by atoms with van der Waals surface area (Å²) in [7, 11) is 0. The van der Waals surface area contributed by atoms with Gasteiger partial charge in [0.05, 0.1) is 10.8 Å². The van der Waals surface area contributed by atoms with E-state index in [-0.39, 0.29) is 5.91 Å². The Morgan fingerprint density at radius 2 is 1.87 bits per heavy atom. The molecule has 4 rings (SSSR count). The fraction of sp³-hybridized carbons (Fsp3) is 0.227. The van der Waals surface area contributed by atoms with Crippen LogP contribution in [0.2, 0.25) is 0 Å². The third kappa shape index (κ3) is 4.22. The van der Waals surface area contributed by atoms with Gasteiger partial charge in [0, 0.05) is 23.2 Å². The number of thioether (sulfide) groups is 1. The lowest BCUT2D eigenvalue weighted by Crippen LogP contribution is -2.23. The van der Waals surface area contributed by atoms with Gasteiger partial charge in [-0.2, -0.15) is 0 Å². The molecule has 0 aliphatic heterocycles. The van der Waals surface area contributed by atoms with Crippen LogP contribution in [-0.2, 0) is 11.3 Å². The van der Waals surface area contributed by atoms with E-state index in [1.54, 1.807) is 31.2 Å². The maximum atomic E-state index is 12.6. The van der Waals surface area contributed by atoms with Gasteiger partial charge in [0.2, 0.25) is 17.0 Å². The van der Waals surface area contributed by atoms with E-state index in [1.165, 1.54) is 11.8 Å². The first kappa shape index (κ1) is 20.8. The molecule has 0 saturated heterocycles. The van der Waals surface area contributed by atoms with Gasteiger partial charge >= 0.3 is 0 Å². The molecule has 2 amide bonds. The molecule has 9 heteroatoms. The predicted octanol–water partition coefficient (Wildman–Crippen LogP) is 3.61. The number of fused-ring (bicyclic) bond motifs is 3. The summed E-state index contributed by atoms with van der Waals surface area (Å²) in [5.41, 5.74) is 8.82. The van der Waals surface area contributed by atoms with Gasteiger partial charge in [-0.25, -0.2) is 4.98 Å². The highest BCUT2D eigenvalue weighted by Gasteiger charge is 2.19. The number of benzene rings is 2. The Kier molecular flexibility index (Phi) is 5.85. The van der Waals surface area contributed by atoms with Gasteiger partial charge in [0.25, 0.3) is 0 Å². The Bertz CT molecular complexity index is 1270. The zero-order valence-corrected chi connectivity index (χ0v) is 18.0. The van der Waals surface area contributed by atoms with E-state index in [1.807, 2.05) is 18.2 Å². The molecule has 0 fully saturated rings. The molecule has 1 unspecified atom stereocenters. The van der Waals surface area contributed by atoms with Crippen molar-refractivity contribution in [2.75, 3.05) is 5.32 Å². The highest BCUT2D eigenvalue weighted by atomic mass is 32.2. The molecule has 31 heavy (non-hydrogen) atoms. The van der Waals surface area contributed by atoms with Gasteiger partial charge in [-0.1, -0.05) is 36.9 Å². The Morgan fingerprint density at radius 1 is 1.13 bits per heavy atom. The topological polar surface area (TPSA) is 116 Å². The number of carbonyl (C=O) groups excluding carboxylic acids is 2. The van der Waals surface area contributed by atoms with Crippen molar-refractivity contribution in [3.05, 3.63) is 54.1 Å². The Labute approximate surface area is 183 Å². The molecule has 2 aromatic carbocycles. The lowest BCUT2D eigenvalue weighted by atomic mass is 10.2. The molecule has 158 valence electrons. The third-order valence-corrected chi connectivity index (χ3v) is 5.84. The summed E-state index contributed by atoms with van der Waals surface area (Å²) >= 11 is 1.25. The molecule has 0 bridgehead atoms. The quantitative estimate of drug-likeness (QED) is 0.429. The first-order valence-corrected chi connectivity index (χ1v) is 10.8. The van der Waals surface area contributed by atoms with Crippen molar-refractivity contribution in [2.24, 2.45) is 5.73 Å². The van der Waals surface area contributed by atoms with Gasteiger partial charge in [-0.05, 0) is 43.7 Å². The summed E-state index contributed by atoms with van der Waals surface area (Å²) in [5.74, 6) is -0.711. The second kappa shape index (κ2) is 8.73. The number of nitrogens with zero attached hydrogens (tertiary/aromatic N) is 4. The number of primary amides is 1. The van der Waals surface area contributed by atoms with Crippen LogP contribution in [0.1, 0.15) is 30.6 Å². The van der Waals surface area contributed by atoms with Gasteiger partial charge in [-0.15, -0.1) is 10.2 Å². The Balaban J connectivity index is 1.54. The van der Waals surface area contributed by atoms with Crippen molar-refractivity contribution in [3.8, 4) is 0 Å². The summed E-state index contributed by atoms with van der Waals surface area (Å²) in [6, 6.07) is 14.5. The lowest BCUT2D eigenvalue weighted by molar-refractivity contribution is -0.115. The molecular weight excluding hydrogens is 412 g/mol. The van der Waals surface area contributed by atoms with Crippen LogP contribution in [0, 0.1) is 0 Å². The number of hydrogen-bond donors (Lipinski definition) is 2. The predicted molar refractivity (Wildman–Crippen MR) is 122 cm³/mol. The minimum absolute atomic E-state index is 0.199. The number of para-hydroxylation sites is 1. The van der Waals surface area contributed by atoms with E-state index in [0.29, 0.717) is 16.4 Å². The number of anilines is 1. The summed E-state index contributed by atoms with van der Waals surface area (Å²) < 4.78 is 2.15. The van der Waals surface area contributed by atoms with Crippen LogP contribution in [0.25, 0.3) is 22.1 Å². The minimum Gasteiger partial charge on any atom is -0.366 e. The van der Waals surface area contributed by atoms with E-state index in [9.17, 15) is 9.59 Å². The normalized spacial score (nSPS) is 12.2. The van der Waals surface area contributed by atoms with Crippen LogP contribution in [0.15, 0.2) is 53.7 Å². The second-order valence-electron chi connectivity index (χ2n) is 7.13. The van der Waals surface area contributed by atoms with Gasteiger partial charge in [0.1, 0.15) is 5.52 Å². The molecule has 0 aliphatic carbocycles. The van der Waals surface area contributed by atoms with E-state index in [2.05, 4.69) is 33.1 Å². The number of nitrogens with two attached hydrogens (primary N) is 1. The maximum Gasteiger partial charge on any atom is 0.248 e. The van der Waals surface area contributed by atoms with Crippen LogP contribution in [0.3, 0.4) is 0 Å². The van der Waals surface area contributed by atoms with E-state index >= 15 is 0 Å². The SMILES string of the molecule is CCCn1c2ccccc2c2nnc(SC(C)C(=O)Nc3ccc(C(N)=O)cc3)nc21. The van der Waals surface area contributed by atoms with Crippen molar-refractivity contribution < 1.29 is 9.59 Å². The third-order valence-electron chi connectivity index (χ3n) is 4.89. The molecule has 0 saturated carbocycles. The largest absolute Gasteiger partial charge is 0.366 e. The standard InChI is InChI=1S/C22H22N6O2S/c1-3-12-28-17-7-5-4-6-16(17)18-20(28)25-22(27-26-18)31-13(2)21(30)24-15-10-8-14(9-11-15)19(23)29/h4-11,13H,3,12H2,1-2H3,(H2,23,29)(H,24,30). The number of nitrogens with one attached hydrogen (secondary N) is 1. The number of aromatic nitrogens is 4. The molecule has 1 atom stereocenters. The number of aryl methyl sites for hydroxylation is 1. The van der Waals surface area contributed by atoms with Crippen LogP contribution in [0.5, 0.6) is 0 Å². The zero-order chi connectivity index (χ0) is 22.0. The van der Waals surface area contributed by atoms with Crippen LogP contribution in [-0.4, -0.2) is 36.8 Å². The molecular formula is C22H22N6O2S. The van der Waals surface area contributed by atoms with Gasteiger partial charge < -0.3 is 15.6 Å². The number of amides is 2. The average Bonchev–Trinajstić information content (AvgIpc) is 3.07. The second-order valence-corrected chi connectivity index (χ2v) is 8.43. The summed E-state index contributed by atoms with van der Waals surface area (Å²) in [6.07, 6.45) is 0.966. The highest BCUT2D eigenvalue weighted by Crippen LogP contribution is 2.28.